The molecule has 3 aliphatic rings. The molecule has 1 heterocycles. The molecule has 4 rings (SSSR count). The molecule has 1 aromatic carbocycles. The highest BCUT2D eigenvalue weighted by atomic mass is 35.5. The topological polar surface area (TPSA) is 74.7 Å². The number of benzene rings is 1. The molecular formula is C17H20ClNO4S. The zero-order valence-corrected chi connectivity index (χ0v) is 14.8. The summed E-state index contributed by atoms with van der Waals surface area (Å²) in [7, 11) is -3.73. The van der Waals surface area contributed by atoms with Gasteiger partial charge in [-0.15, -0.1) is 0 Å². The van der Waals surface area contributed by atoms with E-state index in [1.165, 1.54) is 24.3 Å². The molecule has 1 saturated heterocycles. The van der Waals surface area contributed by atoms with E-state index in [0.29, 0.717) is 36.9 Å². The summed E-state index contributed by atoms with van der Waals surface area (Å²) in [4.78, 5) is 14.8. The predicted molar refractivity (Wildman–Crippen MR) is 89.4 cm³/mol. The number of rotatable bonds is 3. The third kappa shape index (κ3) is 2.30. The molecule has 1 amide bonds. The highest BCUT2D eigenvalue weighted by molar-refractivity contribution is 7.94. The van der Waals surface area contributed by atoms with E-state index in [0.717, 1.165) is 12.8 Å². The van der Waals surface area contributed by atoms with E-state index in [2.05, 4.69) is 0 Å². The van der Waals surface area contributed by atoms with Gasteiger partial charge < -0.3 is 10.0 Å². The minimum Gasteiger partial charge on any atom is -0.393 e. The molecule has 0 aromatic heterocycles. The third-order valence-corrected chi connectivity index (χ3v) is 8.59. The number of amides is 1. The Balaban J connectivity index is 1.59. The quantitative estimate of drug-likeness (QED) is 0.882. The summed E-state index contributed by atoms with van der Waals surface area (Å²) in [5.74, 6) is 0.111. The number of hydrogen-bond donors (Lipinski definition) is 1. The van der Waals surface area contributed by atoms with E-state index in [4.69, 9.17) is 11.6 Å². The van der Waals surface area contributed by atoms with Crippen LogP contribution in [0.15, 0.2) is 29.2 Å². The van der Waals surface area contributed by atoms with Crippen LogP contribution in [0.4, 0.5) is 0 Å². The van der Waals surface area contributed by atoms with Crippen molar-refractivity contribution in [2.45, 2.75) is 41.4 Å². The highest BCUT2D eigenvalue weighted by Crippen LogP contribution is 2.50. The van der Waals surface area contributed by atoms with Crippen LogP contribution in [0.25, 0.3) is 0 Å². The van der Waals surface area contributed by atoms with Crippen LogP contribution in [0.3, 0.4) is 0 Å². The molecule has 0 radical (unpaired) electrons. The van der Waals surface area contributed by atoms with Gasteiger partial charge in [-0.2, -0.15) is 0 Å². The molecule has 3 atom stereocenters. The van der Waals surface area contributed by atoms with Crippen molar-refractivity contribution in [3.05, 3.63) is 29.3 Å². The van der Waals surface area contributed by atoms with Crippen LogP contribution in [0.2, 0.25) is 5.02 Å². The monoisotopic (exact) mass is 369 g/mol. The van der Waals surface area contributed by atoms with E-state index in [1.54, 1.807) is 4.90 Å². The van der Waals surface area contributed by atoms with Gasteiger partial charge in [-0.05, 0) is 55.9 Å². The number of sulfone groups is 1. The smallest absolute Gasteiger partial charge is 0.244 e. The second-order valence-corrected chi connectivity index (χ2v) is 9.93. The maximum absolute atomic E-state index is 13.0. The Morgan fingerprint density at radius 3 is 2.42 bits per heavy atom. The molecule has 5 nitrogen and oxygen atoms in total. The number of nitrogens with zero attached hydrogens (tertiary/aromatic N) is 1. The number of aliphatic hydroxyl groups is 1. The molecule has 3 fully saturated rings. The molecule has 7 heteroatoms. The number of aliphatic hydroxyl groups excluding tert-OH is 1. The average molecular weight is 370 g/mol. The van der Waals surface area contributed by atoms with Crippen LogP contribution in [0.5, 0.6) is 0 Å². The minimum atomic E-state index is -3.73. The zero-order chi connectivity index (χ0) is 17.1. The van der Waals surface area contributed by atoms with Gasteiger partial charge in [0, 0.05) is 24.0 Å². The summed E-state index contributed by atoms with van der Waals surface area (Å²) in [6.07, 6.45) is 2.06. The lowest BCUT2D eigenvalue weighted by Crippen LogP contribution is -2.44. The Kier molecular flexibility index (Phi) is 3.71. The predicted octanol–water partition coefficient (Wildman–Crippen LogP) is 1.88. The van der Waals surface area contributed by atoms with Crippen LogP contribution in [0, 0.1) is 11.8 Å². The van der Waals surface area contributed by atoms with E-state index < -0.39 is 14.6 Å². The van der Waals surface area contributed by atoms with Crippen LogP contribution >= 0.6 is 11.6 Å². The first-order valence-electron chi connectivity index (χ1n) is 8.33. The van der Waals surface area contributed by atoms with Gasteiger partial charge in [-0.25, -0.2) is 8.42 Å². The van der Waals surface area contributed by atoms with Crippen molar-refractivity contribution in [1.29, 1.82) is 0 Å². The second-order valence-electron chi connectivity index (χ2n) is 7.23. The molecule has 2 aliphatic carbocycles. The average Bonchev–Trinajstić information content (AvgIpc) is 3.16. The lowest BCUT2D eigenvalue weighted by Gasteiger charge is -2.24. The number of carbonyl (C=O) groups is 1. The molecular weight excluding hydrogens is 350 g/mol. The van der Waals surface area contributed by atoms with Gasteiger partial charge >= 0.3 is 0 Å². The van der Waals surface area contributed by atoms with Gasteiger partial charge in [0.05, 0.1) is 11.0 Å². The minimum absolute atomic E-state index is 0.1000. The Labute approximate surface area is 146 Å². The molecule has 0 spiro atoms. The SMILES string of the molecule is O=C(N1C[C@H]2CC[C@@H](O)[C@H]2C1)C1(S(=O)(=O)c2ccc(Cl)cc2)CC1. The highest BCUT2D eigenvalue weighted by Gasteiger charge is 2.63. The number of halogens is 1. The van der Waals surface area contributed by atoms with Crippen molar-refractivity contribution >= 4 is 27.3 Å². The Bertz CT molecular complexity index is 772. The lowest BCUT2D eigenvalue weighted by molar-refractivity contribution is -0.130. The van der Waals surface area contributed by atoms with Gasteiger partial charge in [0.1, 0.15) is 0 Å². The Morgan fingerprint density at radius 2 is 1.83 bits per heavy atom. The van der Waals surface area contributed by atoms with E-state index in [-0.39, 0.29) is 22.8 Å². The number of carbonyl (C=O) groups excluding carboxylic acids is 1. The Morgan fingerprint density at radius 1 is 1.17 bits per heavy atom. The van der Waals surface area contributed by atoms with Crippen LogP contribution < -0.4 is 0 Å². The lowest BCUT2D eigenvalue weighted by atomic mass is 10.00. The molecule has 0 bridgehead atoms. The maximum atomic E-state index is 13.0. The fraction of sp³-hybridized carbons (Fsp3) is 0.588. The van der Waals surface area contributed by atoms with E-state index in [1.807, 2.05) is 0 Å². The fourth-order valence-electron chi connectivity index (χ4n) is 4.24. The zero-order valence-electron chi connectivity index (χ0n) is 13.2. The first-order valence-corrected chi connectivity index (χ1v) is 10.2. The van der Waals surface area contributed by atoms with Crippen LogP contribution in [0.1, 0.15) is 25.7 Å². The van der Waals surface area contributed by atoms with Gasteiger partial charge in [0.15, 0.2) is 14.6 Å². The fourth-order valence-corrected chi connectivity index (χ4v) is 6.31. The summed E-state index contributed by atoms with van der Waals surface area (Å²) in [6.45, 7) is 1.04. The van der Waals surface area contributed by atoms with Crippen molar-refractivity contribution in [2.24, 2.45) is 11.8 Å². The summed E-state index contributed by atoms with van der Waals surface area (Å²) >= 11 is 5.83. The van der Waals surface area contributed by atoms with Crippen molar-refractivity contribution < 1.29 is 18.3 Å². The number of likely N-dealkylation sites (tertiary alicyclic amines) is 1. The maximum Gasteiger partial charge on any atom is 0.244 e. The van der Waals surface area contributed by atoms with Crippen molar-refractivity contribution in [2.75, 3.05) is 13.1 Å². The second kappa shape index (κ2) is 5.44. The summed E-state index contributed by atoms with van der Waals surface area (Å²) in [5, 5.41) is 10.5. The molecule has 1 N–H and O–H groups in total. The first-order chi connectivity index (χ1) is 11.3. The summed E-state index contributed by atoms with van der Waals surface area (Å²) in [5.41, 5.74) is 0. The summed E-state index contributed by atoms with van der Waals surface area (Å²) < 4.78 is 24.7. The normalized spacial score (nSPS) is 31.1. The number of fused-ring (bicyclic) bond motifs is 1. The van der Waals surface area contributed by atoms with Crippen LogP contribution in [-0.4, -0.2) is 48.3 Å². The molecule has 130 valence electrons. The first kappa shape index (κ1) is 16.4. The van der Waals surface area contributed by atoms with E-state index in [9.17, 15) is 18.3 Å². The molecule has 1 aliphatic heterocycles. The molecule has 2 saturated carbocycles. The van der Waals surface area contributed by atoms with Gasteiger partial charge in [-0.3, -0.25) is 4.79 Å². The molecule has 1 aromatic rings. The molecule has 24 heavy (non-hydrogen) atoms. The van der Waals surface area contributed by atoms with Crippen molar-refractivity contribution in [3.63, 3.8) is 0 Å². The van der Waals surface area contributed by atoms with Crippen molar-refractivity contribution in [3.8, 4) is 0 Å². The van der Waals surface area contributed by atoms with Crippen LogP contribution in [-0.2, 0) is 14.6 Å². The van der Waals surface area contributed by atoms with Gasteiger partial charge in [-0.1, -0.05) is 11.6 Å². The largest absolute Gasteiger partial charge is 0.393 e. The summed E-state index contributed by atoms with van der Waals surface area (Å²) in [6, 6.07) is 6.00. The standard InChI is InChI=1S/C17H20ClNO4S/c18-12-2-4-13(5-3-12)24(22,23)17(7-8-17)16(21)19-9-11-1-6-15(20)14(11)10-19/h2-5,11,14-15,20H,1,6-10H2/t11-,14+,15-/m1/s1. The van der Waals surface area contributed by atoms with Gasteiger partial charge in [0.25, 0.3) is 0 Å². The molecule has 0 unspecified atom stereocenters. The third-order valence-electron chi connectivity index (χ3n) is 5.84. The van der Waals surface area contributed by atoms with Crippen molar-refractivity contribution in [1.82, 2.24) is 4.90 Å². The number of hydrogen-bond acceptors (Lipinski definition) is 4. The van der Waals surface area contributed by atoms with E-state index >= 15 is 0 Å². The van der Waals surface area contributed by atoms with Gasteiger partial charge in [0.2, 0.25) is 5.91 Å². The Hall–Kier alpha value is -1.11.